The fourth-order valence-corrected chi connectivity index (χ4v) is 4.14. The monoisotopic (exact) mass is 345 g/mol. The summed E-state index contributed by atoms with van der Waals surface area (Å²) in [5.74, 6) is 6.43. The minimum absolute atomic E-state index is 0.308. The Labute approximate surface area is 149 Å². The molecule has 0 bridgehead atoms. The van der Waals surface area contributed by atoms with Gasteiger partial charge in [0.1, 0.15) is 6.04 Å². The fraction of sp³-hybridized carbons (Fsp3) is 0.0909. The Kier molecular flexibility index (Phi) is 5.51. The van der Waals surface area contributed by atoms with E-state index < -0.39 is 7.29 Å². The van der Waals surface area contributed by atoms with E-state index in [2.05, 4.69) is 16.9 Å². The predicted octanol–water partition coefficient (Wildman–Crippen LogP) is 4.60. The molecule has 3 rings (SSSR count). The maximum absolute atomic E-state index is 13.2. The van der Waals surface area contributed by atoms with Crippen LogP contribution in [0.5, 0.6) is 0 Å². The molecule has 0 unspecified atom stereocenters. The summed E-state index contributed by atoms with van der Waals surface area (Å²) in [7, 11) is -2.74. The molecular formula is C22H20NOP. The zero-order valence-electron chi connectivity index (χ0n) is 14.1. The summed E-state index contributed by atoms with van der Waals surface area (Å²) in [5.41, 5.74) is 1.94. The van der Waals surface area contributed by atoms with E-state index in [-0.39, 0.29) is 6.04 Å². The van der Waals surface area contributed by atoms with Crippen LogP contribution in [-0.2, 0) is 4.57 Å². The molecule has 3 aromatic carbocycles. The second kappa shape index (κ2) is 7.99. The van der Waals surface area contributed by atoms with Crippen LogP contribution in [0.4, 0.5) is 0 Å². The molecule has 0 radical (unpaired) electrons. The summed E-state index contributed by atoms with van der Waals surface area (Å²) in [6.07, 6.45) is 0. The third-order valence-electron chi connectivity index (χ3n) is 3.89. The van der Waals surface area contributed by atoms with Crippen LogP contribution in [0.3, 0.4) is 0 Å². The molecule has 2 nitrogen and oxygen atoms in total. The molecule has 0 spiro atoms. The minimum atomic E-state index is -2.74. The minimum Gasteiger partial charge on any atom is -0.302 e. The van der Waals surface area contributed by atoms with Gasteiger partial charge in [0, 0.05) is 17.5 Å². The van der Waals surface area contributed by atoms with Gasteiger partial charge in [-0.3, -0.25) is 0 Å². The molecule has 3 heteroatoms. The molecule has 25 heavy (non-hydrogen) atoms. The highest BCUT2D eigenvalue weighted by Gasteiger charge is 2.22. The van der Waals surface area contributed by atoms with Gasteiger partial charge in [0.15, 0.2) is 7.29 Å². The third-order valence-corrected chi connectivity index (χ3v) is 5.93. The van der Waals surface area contributed by atoms with Crippen LogP contribution in [0, 0.1) is 11.8 Å². The summed E-state index contributed by atoms with van der Waals surface area (Å²) in [6, 6.07) is 28.9. The SMILES string of the molecule is C[P@@](=O)(N[C@@H](C#Cc1ccccc1)c1ccccc1)c1ccccc1. The summed E-state index contributed by atoms with van der Waals surface area (Å²) in [4.78, 5) is 0. The normalized spacial score (nSPS) is 14.0. The van der Waals surface area contributed by atoms with Crippen LogP contribution in [0.2, 0.25) is 0 Å². The molecule has 0 heterocycles. The molecule has 0 saturated heterocycles. The lowest BCUT2D eigenvalue weighted by atomic mass is 10.1. The number of hydrogen-bond acceptors (Lipinski definition) is 1. The first-order valence-electron chi connectivity index (χ1n) is 8.18. The van der Waals surface area contributed by atoms with Gasteiger partial charge in [0.05, 0.1) is 0 Å². The van der Waals surface area contributed by atoms with Gasteiger partial charge in [0.25, 0.3) is 0 Å². The van der Waals surface area contributed by atoms with Gasteiger partial charge < -0.3 is 4.57 Å². The van der Waals surface area contributed by atoms with Crippen molar-refractivity contribution >= 4 is 12.6 Å². The molecular weight excluding hydrogens is 325 g/mol. The van der Waals surface area contributed by atoms with Crippen molar-refractivity contribution in [2.45, 2.75) is 6.04 Å². The molecule has 0 aromatic heterocycles. The fourth-order valence-electron chi connectivity index (χ4n) is 2.55. The summed E-state index contributed by atoms with van der Waals surface area (Å²) >= 11 is 0. The number of hydrogen-bond donors (Lipinski definition) is 1. The van der Waals surface area contributed by atoms with Crippen LogP contribution in [-0.4, -0.2) is 6.66 Å². The molecule has 124 valence electrons. The van der Waals surface area contributed by atoms with E-state index in [1.807, 2.05) is 91.0 Å². The Bertz CT molecular complexity index is 912. The lowest BCUT2D eigenvalue weighted by Crippen LogP contribution is -2.22. The van der Waals surface area contributed by atoms with Gasteiger partial charge >= 0.3 is 0 Å². The topological polar surface area (TPSA) is 29.1 Å². The predicted molar refractivity (Wildman–Crippen MR) is 105 cm³/mol. The Hall–Kier alpha value is -2.59. The molecule has 1 N–H and O–H groups in total. The van der Waals surface area contributed by atoms with Crippen LogP contribution in [0.1, 0.15) is 17.2 Å². The van der Waals surface area contributed by atoms with Gasteiger partial charge in [-0.25, -0.2) is 5.09 Å². The van der Waals surface area contributed by atoms with Crippen molar-refractivity contribution < 1.29 is 4.57 Å². The van der Waals surface area contributed by atoms with Crippen molar-refractivity contribution in [1.29, 1.82) is 0 Å². The first-order chi connectivity index (χ1) is 12.1. The molecule has 0 aliphatic rings. The summed E-state index contributed by atoms with van der Waals surface area (Å²) in [5, 5.41) is 4.08. The van der Waals surface area contributed by atoms with Crippen LogP contribution in [0.25, 0.3) is 0 Å². The second-order valence-corrected chi connectivity index (χ2v) is 8.49. The highest BCUT2D eigenvalue weighted by atomic mass is 31.2. The lowest BCUT2D eigenvalue weighted by molar-refractivity contribution is 0.572. The Morgan fingerprint density at radius 1 is 0.800 bits per heavy atom. The number of nitrogens with one attached hydrogen (secondary N) is 1. The Morgan fingerprint density at radius 2 is 1.32 bits per heavy atom. The largest absolute Gasteiger partial charge is 0.302 e. The van der Waals surface area contributed by atoms with Crippen molar-refractivity contribution in [1.82, 2.24) is 5.09 Å². The standard InChI is InChI=1S/C22H20NOP/c1-25(24,21-15-9-4-10-16-21)23-22(20-13-7-3-8-14-20)18-17-19-11-5-2-6-12-19/h2-16,22H,1H3,(H,23,24)/t22-,25-/m0/s1. The van der Waals surface area contributed by atoms with Gasteiger partial charge in [0.2, 0.25) is 0 Å². The van der Waals surface area contributed by atoms with Gasteiger partial charge in [-0.2, -0.15) is 0 Å². The molecule has 0 fully saturated rings. The van der Waals surface area contributed by atoms with Crippen LogP contribution in [0.15, 0.2) is 91.0 Å². The van der Waals surface area contributed by atoms with Crippen molar-refractivity contribution in [3.05, 3.63) is 102 Å². The zero-order chi connectivity index (χ0) is 17.5. The Balaban J connectivity index is 1.93. The van der Waals surface area contributed by atoms with Crippen molar-refractivity contribution in [3.63, 3.8) is 0 Å². The molecule has 0 amide bonds. The van der Waals surface area contributed by atoms with Crippen LogP contribution < -0.4 is 10.4 Å². The van der Waals surface area contributed by atoms with Crippen molar-refractivity contribution in [3.8, 4) is 11.8 Å². The maximum atomic E-state index is 13.2. The molecule has 0 aliphatic heterocycles. The van der Waals surface area contributed by atoms with E-state index in [1.165, 1.54) is 0 Å². The first kappa shape index (κ1) is 17.2. The molecule has 3 aromatic rings. The average Bonchev–Trinajstić information content (AvgIpc) is 2.67. The first-order valence-corrected chi connectivity index (χ1v) is 10.3. The highest BCUT2D eigenvalue weighted by Crippen LogP contribution is 2.38. The maximum Gasteiger partial charge on any atom is 0.174 e. The molecule has 0 saturated carbocycles. The van der Waals surface area contributed by atoms with E-state index in [4.69, 9.17) is 0 Å². The third kappa shape index (κ3) is 4.70. The Morgan fingerprint density at radius 3 is 1.92 bits per heavy atom. The van der Waals surface area contributed by atoms with E-state index >= 15 is 0 Å². The summed E-state index contributed by atoms with van der Waals surface area (Å²) in [6.45, 7) is 1.75. The van der Waals surface area contributed by atoms with Gasteiger partial charge in [-0.1, -0.05) is 90.7 Å². The van der Waals surface area contributed by atoms with E-state index in [0.29, 0.717) is 0 Å². The smallest absolute Gasteiger partial charge is 0.174 e. The zero-order valence-corrected chi connectivity index (χ0v) is 15.0. The molecule has 0 aliphatic carbocycles. The number of benzene rings is 3. The average molecular weight is 345 g/mol. The number of rotatable bonds is 4. The van der Waals surface area contributed by atoms with E-state index in [1.54, 1.807) is 6.66 Å². The van der Waals surface area contributed by atoms with Crippen molar-refractivity contribution in [2.75, 3.05) is 6.66 Å². The highest BCUT2D eigenvalue weighted by molar-refractivity contribution is 7.69. The van der Waals surface area contributed by atoms with E-state index in [9.17, 15) is 4.57 Å². The van der Waals surface area contributed by atoms with Gasteiger partial charge in [-0.15, -0.1) is 0 Å². The quantitative estimate of drug-likeness (QED) is 0.553. The van der Waals surface area contributed by atoms with E-state index in [0.717, 1.165) is 16.4 Å². The molecule has 2 atom stereocenters. The van der Waals surface area contributed by atoms with Crippen molar-refractivity contribution in [2.24, 2.45) is 0 Å². The summed E-state index contributed by atoms with van der Waals surface area (Å²) < 4.78 is 13.2. The van der Waals surface area contributed by atoms with Gasteiger partial charge in [-0.05, 0) is 17.7 Å². The van der Waals surface area contributed by atoms with Crippen LogP contribution >= 0.6 is 7.29 Å². The lowest BCUT2D eigenvalue weighted by Gasteiger charge is -2.20. The second-order valence-electron chi connectivity index (χ2n) is 5.87.